The fourth-order valence-electron chi connectivity index (χ4n) is 3.28. The van der Waals surface area contributed by atoms with Crippen molar-refractivity contribution in [3.63, 3.8) is 0 Å². The molecular weight excluding hydrogens is 294 g/mol. The smallest absolute Gasteiger partial charge is 0.408 e. The van der Waals surface area contributed by atoms with Gasteiger partial charge in [0.1, 0.15) is 12.6 Å². The molecule has 0 bridgehead atoms. The molecule has 3 atom stereocenters. The standard InChI is InChI=1S/C18H25NO4/c1-2-13-9-6-10-15(11-13)16(17(20)21)19-18(22)23-12-14-7-4-3-5-8-14/h3-5,7-8,13,15-16H,2,6,9-12H2,1H3,(H,19,22)(H,20,21). The Kier molecular flexibility index (Phi) is 6.44. The third-order valence-electron chi connectivity index (χ3n) is 4.62. The summed E-state index contributed by atoms with van der Waals surface area (Å²) < 4.78 is 5.14. The molecule has 1 aliphatic rings. The van der Waals surface area contributed by atoms with Crippen LogP contribution in [0.2, 0.25) is 0 Å². The van der Waals surface area contributed by atoms with Crippen LogP contribution >= 0.6 is 0 Å². The largest absolute Gasteiger partial charge is 0.480 e. The fourth-order valence-corrected chi connectivity index (χ4v) is 3.28. The SMILES string of the molecule is CCC1CCCC(C(NC(=O)OCc2ccccc2)C(=O)O)C1. The number of benzene rings is 1. The second-order valence-electron chi connectivity index (χ2n) is 6.22. The molecule has 0 radical (unpaired) electrons. The molecule has 1 aromatic rings. The van der Waals surface area contributed by atoms with E-state index in [4.69, 9.17) is 4.74 Å². The van der Waals surface area contributed by atoms with Gasteiger partial charge >= 0.3 is 12.1 Å². The Balaban J connectivity index is 1.88. The Bertz CT molecular complexity index is 517. The summed E-state index contributed by atoms with van der Waals surface area (Å²) in [5.41, 5.74) is 0.873. The summed E-state index contributed by atoms with van der Waals surface area (Å²) in [6.45, 7) is 2.27. The molecule has 126 valence electrons. The first-order chi connectivity index (χ1) is 11.1. The van der Waals surface area contributed by atoms with Crippen molar-refractivity contribution in [1.82, 2.24) is 5.32 Å². The highest BCUT2D eigenvalue weighted by Gasteiger charge is 2.33. The molecule has 0 saturated heterocycles. The van der Waals surface area contributed by atoms with E-state index < -0.39 is 18.1 Å². The number of aliphatic carboxylic acids is 1. The van der Waals surface area contributed by atoms with Crippen molar-refractivity contribution in [2.24, 2.45) is 11.8 Å². The average molecular weight is 319 g/mol. The van der Waals surface area contributed by atoms with Crippen molar-refractivity contribution in [1.29, 1.82) is 0 Å². The van der Waals surface area contributed by atoms with Crippen molar-refractivity contribution in [2.45, 2.75) is 51.7 Å². The number of nitrogens with one attached hydrogen (secondary N) is 1. The topological polar surface area (TPSA) is 75.6 Å². The molecule has 0 aliphatic heterocycles. The maximum absolute atomic E-state index is 11.9. The molecule has 1 saturated carbocycles. The highest BCUT2D eigenvalue weighted by molar-refractivity contribution is 5.80. The van der Waals surface area contributed by atoms with Crippen LogP contribution < -0.4 is 5.32 Å². The van der Waals surface area contributed by atoms with E-state index in [-0.39, 0.29) is 12.5 Å². The highest BCUT2D eigenvalue weighted by Crippen LogP contribution is 2.33. The van der Waals surface area contributed by atoms with Crippen LogP contribution in [0.1, 0.15) is 44.6 Å². The summed E-state index contributed by atoms with van der Waals surface area (Å²) in [5.74, 6) is -0.448. The van der Waals surface area contributed by atoms with Crippen LogP contribution in [-0.4, -0.2) is 23.2 Å². The lowest BCUT2D eigenvalue weighted by Gasteiger charge is -2.32. The zero-order valence-electron chi connectivity index (χ0n) is 13.5. The molecule has 2 rings (SSSR count). The summed E-state index contributed by atoms with van der Waals surface area (Å²) >= 11 is 0. The van der Waals surface area contributed by atoms with Crippen molar-refractivity contribution >= 4 is 12.1 Å². The zero-order valence-corrected chi connectivity index (χ0v) is 13.5. The number of carboxylic acid groups (broad SMARTS) is 1. The minimum absolute atomic E-state index is 0.0181. The Morgan fingerprint density at radius 3 is 2.70 bits per heavy atom. The number of carbonyl (C=O) groups excluding carboxylic acids is 1. The Morgan fingerprint density at radius 2 is 2.04 bits per heavy atom. The van der Waals surface area contributed by atoms with E-state index in [2.05, 4.69) is 12.2 Å². The van der Waals surface area contributed by atoms with Crippen LogP contribution in [0.5, 0.6) is 0 Å². The second kappa shape index (κ2) is 8.56. The number of hydrogen-bond acceptors (Lipinski definition) is 3. The average Bonchev–Trinajstić information content (AvgIpc) is 2.58. The van der Waals surface area contributed by atoms with Crippen molar-refractivity contribution in [2.75, 3.05) is 0 Å². The third kappa shape index (κ3) is 5.27. The number of carbonyl (C=O) groups is 2. The van der Waals surface area contributed by atoms with Crippen molar-refractivity contribution in [3.8, 4) is 0 Å². The number of carboxylic acids is 1. The van der Waals surface area contributed by atoms with Gasteiger partial charge in [0, 0.05) is 0 Å². The molecule has 0 aromatic heterocycles. The first-order valence-electron chi connectivity index (χ1n) is 8.30. The van der Waals surface area contributed by atoms with Crippen LogP contribution in [0.4, 0.5) is 4.79 Å². The molecule has 0 heterocycles. The van der Waals surface area contributed by atoms with Gasteiger partial charge in [0.05, 0.1) is 0 Å². The normalized spacial score (nSPS) is 22.1. The van der Waals surface area contributed by atoms with Gasteiger partial charge in [-0.1, -0.05) is 56.5 Å². The van der Waals surface area contributed by atoms with E-state index in [0.29, 0.717) is 5.92 Å². The van der Waals surface area contributed by atoms with E-state index in [0.717, 1.165) is 37.7 Å². The number of alkyl carbamates (subject to hydrolysis) is 1. The van der Waals surface area contributed by atoms with Crippen LogP contribution in [0, 0.1) is 11.8 Å². The molecule has 2 N–H and O–H groups in total. The number of ether oxygens (including phenoxy) is 1. The molecule has 5 nitrogen and oxygen atoms in total. The first kappa shape index (κ1) is 17.3. The van der Waals surface area contributed by atoms with Gasteiger partial charge in [-0.15, -0.1) is 0 Å². The molecule has 0 spiro atoms. The van der Waals surface area contributed by atoms with Gasteiger partial charge in [-0.25, -0.2) is 9.59 Å². The summed E-state index contributed by atoms with van der Waals surface area (Å²) in [5, 5.41) is 12.0. The van der Waals surface area contributed by atoms with Crippen LogP contribution in [0.15, 0.2) is 30.3 Å². The van der Waals surface area contributed by atoms with Gasteiger partial charge in [0.25, 0.3) is 0 Å². The molecule has 23 heavy (non-hydrogen) atoms. The van der Waals surface area contributed by atoms with E-state index in [1.165, 1.54) is 0 Å². The van der Waals surface area contributed by atoms with Crippen molar-refractivity contribution < 1.29 is 19.4 Å². The van der Waals surface area contributed by atoms with Gasteiger partial charge < -0.3 is 15.2 Å². The number of rotatable bonds is 6. The molecule has 1 amide bonds. The molecule has 1 aliphatic carbocycles. The minimum Gasteiger partial charge on any atom is -0.480 e. The minimum atomic E-state index is -0.983. The van der Waals surface area contributed by atoms with Crippen LogP contribution in [0.25, 0.3) is 0 Å². The predicted octanol–water partition coefficient (Wildman–Crippen LogP) is 3.58. The van der Waals surface area contributed by atoms with Gasteiger partial charge in [-0.2, -0.15) is 0 Å². The van der Waals surface area contributed by atoms with Gasteiger partial charge in [-0.3, -0.25) is 0 Å². The summed E-state index contributed by atoms with van der Waals surface area (Å²) in [6.07, 6.45) is 4.26. The Morgan fingerprint density at radius 1 is 1.30 bits per heavy atom. The highest BCUT2D eigenvalue weighted by atomic mass is 16.5. The Hall–Kier alpha value is -2.04. The van der Waals surface area contributed by atoms with Crippen molar-refractivity contribution in [3.05, 3.63) is 35.9 Å². The predicted molar refractivity (Wildman–Crippen MR) is 86.9 cm³/mol. The van der Waals surface area contributed by atoms with Gasteiger partial charge in [-0.05, 0) is 30.2 Å². The van der Waals surface area contributed by atoms with E-state index in [1.807, 2.05) is 30.3 Å². The van der Waals surface area contributed by atoms with E-state index >= 15 is 0 Å². The molecule has 3 unspecified atom stereocenters. The lowest BCUT2D eigenvalue weighted by atomic mass is 9.77. The number of hydrogen-bond donors (Lipinski definition) is 2. The lowest BCUT2D eigenvalue weighted by molar-refractivity contribution is -0.141. The van der Waals surface area contributed by atoms with Crippen LogP contribution in [0.3, 0.4) is 0 Å². The van der Waals surface area contributed by atoms with Gasteiger partial charge in [0.2, 0.25) is 0 Å². The number of amides is 1. The Labute approximate surface area is 137 Å². The maximum atomic E-state index is 11.9. The quantitative estimate of drug-likeness (QED) is 0.840. The van der Waals surface area contributed by atoms with E-state index in [9.17, 15) is 14.7 Å². The summed E-state index contributed by atoms with van der Waals surface area (Å²) in [4.78, 5) is 23.5. The van der Waals surface area contributed by atoms with E-state index in [1.54, 1.807) is 0 Å². The molecule has 1 fully saturated rings. The molecule has 5 heteroatoms. The molecular formula is C18H25NO4. The van der Waals surface area contributed by atoms with Crippen LogP contribution in [-0.2, 0) is 16.1 Å². The monoisotopic (exact) mass is 319 g/mol. The summed E-state index contributed by atoms with van der Waals surface area (Å²) in [6, 6.07) is 8.46. The van der Waals surface area contributed by atoms with Gasteiger partial charge in [0.15, 0.2) is 0 Å². The maximum Gasteiger partial charge on any atom is 0.408 e. The third-order valence-corrected chi connectivity index (χ3v) is 4.62. The second-order valence-corrected chi connectivity index (χ2v) is 6.22. The zero-order chi connectivity index (χ0) is 16.7. The fraction of sp³-hybridized carbons (Fsp3) is 0.556. The first-order valence-corrected chi connectivity index (χ1v) is 8.30. The lowest BCUT2D eigenvalue weighted by Crippen LogP contribution is -2.47. The molecule has 1 aromatic carbocycles. The summed E-state index contributed by atoms with van der Waals surface area (Å²) in [7, 11) is 0.